The van der Waals surface area contributed by atoms with Crippen LogP contribution in [0.2, 0.25) is 0 Å². The second-order valence-electron chi connectivity index (χ2n) is 4.65. The maximum atomic E-state index is 11.8. The van der Waals surface area contributed by atoms with E-state index in [1.807, 2.05) is 13.8 Å². The molecule has 0 aliphatic carbocycles. The highest BCUT2D eigenvalue weighted by Crippen LogP contribution is 2.10. The van der Waals surface area contributed by atoms with Crippen molar-refractivity contribution in [3.63, 3.8) is 0 Å². The first kappa shape index (κ1) is 15.1. The van der Waals surface area contributed by atoms with Crippen LogP contribution in [0.1, 0.15) is 38.8 Å². The fourth-order valence-corrected chi connectivity index (χ4v) is 2.86. The predicted octanol–water partition coefficient (Wildman–Crippen LogP) is 0.778. The summed E-state index contributed by atoms with van der Waals surface area (Å²) in [6, 6.07) is 0.123. The van der Waals surface area contributed by atoms with Crippen molar-refractivity contribution >= 4 is 10.0 Å². The molecule has 1 heterocycles. The number of hydrogen-bond acceptors (Lipinski definition) is 4. The van der Waals surface area contributed by atoms with Crippen LogP contribution in [-0.2, 0) is 10.0 Å². The molecule has 104 valence electrons. The molecule has 0 aromatic carbocycles. The van der Waals surface area contributed by atoms with Gasteiger partial charge in [0.05, 0.1) is 11.9 Å². The Hall–Kier alpha value is -0.920. The minimum atomic E-state index is -3.24. The van der Waals surface area contributed by atoms with Crippen molar-refractivity contribution in [3.05, 3.63) is 18.0 Å². The van der Waals surface area contributed by atoms with Crippen LogP contribution in [0.15, 0.2) is 12.4 Å². The van der Waals surface area contributed by atoms with E-state index >= 15 is 0 Å². The number of sulfonamides is 1. The van der Waals surface area contributed by atoms with E-state index in [2.05, 4.69) is 20.2 Å². The number of aromatic nitrogens is 2. The lowest BCUT2D eigenvalue weighted by Gasteiger charge is -2.13. The van der Waals surface area contributed by atoms with Crippen LogP contribution in [0, 0.1) is 0 Å². The SMILES string of the molecule is CC(C)NCCCS(=O)(=O)NC(C)c1cn[nH]c1. The van der Waals surface area contributed by atoms with E-state index in [9.17, 15) is 8.42 Å². The quantitative estimate of drug-likeness (QED) is 0.611. The van der Waals surface area contributed by atoms with Crippen molar-refractivity contribution in [1.82, 2.24) is 20.2 Å². The first-order chi connectivity index (χ1) is 8.41. The summed E-state index contributed by atoms with van der Waals surface area (Å²) in [4.78, 5) is 0. The molecule has 0 fully saturated rings. The number of aromatic amines is 1. The number of nitrogens with one attached hydrogen (secondary N) is 3. The van der Waals surface area contributed by atoms with Gasteiger partial charge in [0.15, 0.2) is 0 Å². The van der Waals surface area contributed by atoms with Gasteiger partial charge in [-0.1, -0.05) is 13.8 Å². The molecule has 1 unspecified atom stereocenters. The Morgan fingerprint density at radius 1 is 1.39 bits per heavy atom. The highest BCUT2D eigenvalue weighted by Gasteiger charge is 2.15. The van der Waals surface area contributed by atoms with Gasteiger partial charge in [0.25, 0.3) is 0 Å². The summed E-state index contributed by atoms with van der Waals surface area (Å²) in [6.45, 7) is 6.58. The topological polar surface area (TPSA) is 86.9 Å². The summed E-state index contributed by atoms with van der Waals surface area (Å²) in [5, 5.41) is 9.66. The van der Waals surface area contributed by atoms with Crippen molar-refractivity contribution in [1.29, 1.82) is 0 Å². The lowest BCUT2D eigenvalue weighted by molar-refractivity contribution is 0.552. The number of H-pyrrole nitrogens is 1. The van der Waals surface area contributed by atoms with Crippen LogP contribution in [0.3, 0.4) is 0 Å². The van der Waals surface area contributed by atoms with E-state index < -0.39 is 10.0 Å². The maximum absolute atomic E-state index is 11.8. The minimum absolute atomic E-state index is 0.134. The number of nitrogens with zero attached hydrogens (tertiary/aromatic N) is 1. The fourth-order valence-electron chi connectivity index (χ4n) is 1.55. The largest absolute Gasteiger partial charge is 0.314 e. The second kappa shape index (κ2) is 6.86. The Kier molecular flexibility index (Phi) is 5.77. The lowest BCUT2D eigenvalue weighted by Crippen LogP contribution is -2.31. The molecule has 0 saturated heterocycles. The van der Waals surface area contributed by atoms with Crippen LogP contribution in [0.4, 0.5) is 0 Å². The van der Waals surface area contributed by atoms with E-state index in [0.717, 1.165) is 5.56 Å². The van der Waals surface area contributed by atoms with Crippen molar-refractivity contribution in [2.45, 2.75) is 39.3 Å². The molecule has 0 aliphatic rings. The van der Waals surface area contributed by atoms with Crippen molar-refractivity contribution in [2.24, 2.45) is 0 Å². The fraction of sp³-hybridized carbons (Fsp3) is 0.727. The van der Waals surface area contributed by atoms with Gasteiger partial charge >= 0.3 is 0 Å². The van der Waals surface area contributed by atoms with Gasteiger partial charge in [0.1, 0.15) is 0 Å². The van der Waals surface area contributed by atoms with Gasteiger partial charge in [0, 0.05) is 23.8 Å². The van der Waals surface area contributed by atoms with Crippen LogP contribution < -0.4 is 10.0 Å². The average Bonchev–Trinajstić information content (AvgIpc) is 2.77. The van der Waals surface area contributed by atoms with Crippen LogP contribution >= 0.6 is 0 Å². The van der Waals surface area contributed by atoms with Gasteiger partial charge in [0.2, 0.25) is 10.0 Å². The van der Waals surface area contributed by atoms with E-state index in [4.69, 9.17) is 0 Å². The van der Waals surface area contributed by atoms with Crippen molar-refractivity contribution < 1.29 is 8.42 Å². The Morgan fingerprint density at radius 2 is 2.11 bits per heavy atom. The summed E-state index contributed by atoms with van der Waals surface area (Å²) in [6.07, 6.45) is 3.91. The van der Waals surface area contributed by atoms with E-state index in [1.165, 1.54) is 0 Å². The highest BCUT2D eigenvalue weighted by atomic mass is 32.2. The summed E-state index contributed by atoms with van der Waals surface area (Å²) in [5.74, 6) is 0.134. The Bertz CT molecular complexity index is 428. The first-order valence-electron chi connectivity index (χ1n) is 6.13. The van der Waals surface area contributed by atoms with E-state index in [-0.39, 0.29) is 11.8 Å². The molecule has 18 heavy (non-hydrogen) atoms. The average molecular weight is 274 g/mol. The summed E-state index contributed by atoms with van der Waals surface area (Å²) in [5.41, 5.74) is 0.832. The summed E-state index contributed by atoms with van der Waals surface area (Å²) >= 11 is 0. The molecule has 0 aliphatic heterocycles. The molecule has 0 amide bonds. The summed E-state index contributed by atoms with van der Waals surface area (Å²) < 4.78 is 26.3. The molecule has 1 aromatic rings. The Labute approximate surface area is 109 Å². The third-order valence-corrected chi connectivity index (χ3v) is 4.06. The van der Waals surface area contributed by atoms with Crippen LogP contribution in [0.25, 0.3) is 0 Å². The van der Waals surface area contributed by atoms with Crippen LogP contribution in [0.5, 0.6) is 0 Å². The van der Waals surface area contributed by atoms with E-state index in [1.54, 1.807) is 19.3 Å². The number of hydrogen-bond donors (Lipinski definition) is 3. The molecule has 0 spiro atoms. The molecule has 1 rings (SSSR count). The molecule has 0 saturated carbocycles. The Morgan fingerprint density at radius 3 is 2.67 bits per heavy atom. The second-order valence-corrected chi connectivity index (χ2v) is 6.53. The standard InChI is InChI=1S/C11H22N4O2S/c1-9(2)12-5-4-6-18(16,17)15-10(3)11-7-13-14-8-11/h7-10,12,15H,4-6H2,1-3H3,(H,13,14). The zero-order valence-electron chi connectivity index (χ0n) is 11.1. The minimum Gasteiger partial charge on any atom is -0.314 e. The van der Waals surface area contributed by atoms with Gasteiger partial charge in [-0.25, -0.2) is 13.1 Å². The van der Waals surface area contributed by atoms with Gasteiger partial charge in [-0.15, -0.1) is 0 Å². The highest BCUT2D eigenvalue weighted by molar-refractivity contribution is 7.89. The molecule has 1 aromatic heterocycles. The lowest BCUT2D eigenvalue weighted by atomic mass is 10.2. The van der Waals surface area contributed by atoms with Gasteiger partial charge < -0.3 is 5.32 Å². The van der Waals surface area contributed by atoms with Gasteiger partial charge in [-0.05, 0) is 19.9 Å². The van der Waals surface area contributed by atoms with Crippen molar-refractivity contribution in [3.8, 4) is 0 Å². The number of rotatable bonds is 8. The molecule has 1 atom stereocenters. The monoisotopic (exact) mass is 274 g/mol. The zero-order valence-corrected chi connectivity index (χ0v) is 11.9. The first-order valence-corrected chi connectivity index (χ1v) is 7.78. The Balaban J connectivity index is 2.35. The van der Waals surface area contributed by atoms with Gasteiger partial charge in [-0.2, -0.15) is 5.10 Å². The summed E-state index contributed by atoms with van der Waals surface area (Å²) in [7, 11) is -3.24. The normalized spacial score (nSPS) is 14.0. The van der Waals surface area contributed by atoms with Crippen molar-refractivity contribution in [2.75, 3.05) is 12.3 Å². The predicted molar refractivity (Wildman–Crippen MR) is 71.7 cm³/mol. The maximum Gasteiger partial charge on any atom is 0.212 e. The molecule has 0 bridgehead atoms. The third kappa shape index (κ3) is 5.61. The van der Waals surface area contributed by atoms with E-state index in [0.29, 0.717) is 19.0 Å². The zero-order chi connectivity index (χ0) is 13.6. The smallest absolute Gasteiger partial charge is 0.212 e. The molecular weight excluding hydrogens is 252 g/mol. The van der Waals surface area contributed by atoms with Gasteiger partial charge in [-0.3, -0.25) is 5.10 Å². The molecule has 0 radical (unpaired) electrons. The van der Waals surface area contributed by atoms with Crippen LogP contribution in [-0.4, -0.2) is 37.0 Å². The molecule has 7 heteroatoms. The molecule has 6 nitrogen and oxygen atoms in total. The molecule has 3 N–H and O–H groups in total. The molecular formula is C11H22N4O2S. The third-order valence-electron chi connectivity index (χ3n) is 2.52.